The van der Waals surface area contributed by atoms with Gasteiger partial charge in [0.05, 0.1) is 0 Å². The van der Waals surface area contributed by atoms with E-state index >= 15 is 0 Å². The summed E-state index contributed by atoms with van der Waals surface area (Å²) >= 11 is 0. The molecule has 1 aliphatic heterocycles. The molecule has 6 nitrogen and oxygen atoms in total. The molecule has 0 fully saturated rings. The molecule has 1 aliphatic rings. The fraction of sp³-hybridized carbons (Fsp3) is 0.267. The third-order valence-corrected chi connectivity index (χ3v) is 3.25. The second-order valence-electron chi connectivity index (χ2n) is 4.98. The lowest BCUT2D eigenvalue weighted by Gasteiger charge is -2.12. The van der Waals surface area contributed by atoms with Crippen molar-refractivity contribution < 1.29 is 19.8 Å². The summed E-state index contributed by atoms with van der Waals surface area (Å²) in [5.74, 6) is -0.934. The molecule has 110 valence electrons. The fourth-order valence-corrected chi connectivity index (χ4v) is 2.21. The molecule has 0 saturated carbocycles. The first-order valence-corrected chi connectivity index (χ1v) is 6.40. The van der Waals surface area contributed by atoms with Gasteiger partial charge in [-0.3, -0.25) is 14.5 Å². The quantitative estimate of drug-likeness (QED) is 0.828. The molecule has 0 aromatic heterocycles. The number of aryl methyl sites for hydroxylation is 2. The highest BCUT2D eigenvalue weighted by Gasteiger charge is 2.29. The first-order chi connectivity index (χ1) is 9.79. The largest absolute Gasteiger partial charge is 0.507 e. The van der Waals surface area contributed by atoms with Crippen LogP contribution in [0.3, 0.4) is 0 Å². The lowest BCUT2D eigenvalue weighted by molar-refractivity contribution is -0.140. The van der Waals surface area contributed by atoms with Gasteiger partial charge in [-0.2, -0.15) is 0 Å². The highest BCUT2D eigenvalue weighted by atomic mass is 16.4. The van der Waals surface area contributed by atoms with E-state index in [-0.39, 0.29) is 11.4 Å². The van der Waals surface area contributed by atoms with E-state index in [2.05, 4.69) is 4.99 Å². The second kappa shape index (κ2) is 5.40. The Morgan fingerprint density at radius 2 is 1.86 bits per heavy atom. The normalized spacial score (nSPS) is 16.5. The highest BCUT2D eigenvalue weighted by Crippen LogP contribution is 2.25. The van der Waals surface area contributed by atoms with Crippen molar-refractivity contribution in [3.05, 3.63) is 34.5 Å². The van der Waals surface area contributed by atoms with Gasteiger partial charge in [-0.05, 0) is 55.7 Å². The zero-order chi connectivity index (χ0) is 15.7. The maximum atomic E-state index is 12.1. The summed E-state index contributed by atoms with van der Waals surface area (Å²) < 4.78 is 0. The average Bonchev–Trinajstić information content (AvgIpc) is 2.63. The number of aromatic hydroxyl groups is 1. The summed E-state index contributed by atoms with van der Waals surface area (Å²) in [6, 6.07) is 3.49. The highest BCUT2D eigenvalue weighted by molar-refractivity contribution is 6.14. The van der Waals surface area contributed by atoms with E-state index in [1.54, 1.807) is 39.0 Å². The lowest BCUT2D eigenvalue weighted by atomic mass is 10.0. The van der Waals surface area contributed by atoms with Crippen LogP contribution in [0, 0.1) is 13.8 Å². The molecule has 0 unspecified atom stereocenters. The average molecular weight is 288 g/mol. The summed E-state index contributed by atoms with van der Waals surface area (Å²) in [6.45, 7) is 4.73. The summed E-state index contributed by atoms with van der Waals surface area (Å²) in [4.78, 5) is 28.1. The number of carbonyl (C=O) groups is 2. The summed E-state index contributed by atoms with van der Waals surface area (Å²) in [7, 11) is 0. The maximum Gasteiger partial charge on any atom is 0.323 e. The first-order valence-electron chi connectivity index (χ1n) is 6.40. The Morgan fingerprint density at radius 3 is 2.38 bits per heavy atom. The van der Waals surface area contributed by atoms with Gasteiger partial charge in [-0.25, -0.2) is 4.99 Å². The standard InChI is InChI=1S/C15H16N2O4/c1-8-4-11(5-9(2)14(8)20)6-12-15(21)17(7-13(18)19)10(3)16-12/h4-6,20H,7H2,1-3H3,(H,18,19)/b12-6-. The Kier molecular flexibility index (Phi) is 3.80. The van der Waals surface area contributed by atoms with Gasteiger partial charge in [0, 0.05) is 0 Å². The Morgan fingerprint density at radius 1 is 1.29 bits per heavy atom. The number of hydrogen-bond donors (Lipinski definition) is 2. The number of amidine groups is 1. The minimum atomic E-state index is -1.09. The molecule has 2 rings (SSSR count). The van der Waals surface area contributed by atoms with Crippen LogP contribution in [0.4, 0.5) is 0 Å². The van der Waals surface area contributed by atoms with Gasteiger partial charge in [0.1, 0.15) is 23.8 Å². The molecule has 1 heterocycles. The van der Waals surface area contributed by atoms with Crippen molar-refractivity contribution in [3.63, 3.8) is 0 Å². The van der Waals surface area contributed by atoms with Crippen molar-refractivity contribution in [1.29, 1.82) is 0 Å². The zero-order valence-corrected chi connectivity index (χ0v) is 12.0. The van der Waals surface area contributed by atoms with Crippen LogP contribution in [-0.4, -0.2) is 39.4 Å². The topological polar surface area (TPSA) is 90.2 Å². The Bertz CT molecular complexity index is 666. The van der Waals surface area contributed by atoms with Crippen LogP contribution in [0.5, 0.6) is 5.75 Å². The van der Waals surface area contributed by atoms with Crippen LogP contribution < -0.4 is 0 Å². The van der Waals surface area contributed by atoms with Crippen molar-refractivity contribution >= 4 is 23.8 Å². The number of phenolic OH excluding ortho intramolecular Hbond substituents is 1. The van der Waals surface area contributed by atoms with Crippen LogP contribution >= 0.6 is 0 Å². The van der Waals surface area contributed by atoms with Crippen LogP contribution in [0.15, 0.2) is 22.8 Å². The van der Waals surface area contributed by atoms with Gasteiger partial charge in [-0.15, -0.1) is 0 Å². The van der Waals surface area contributed by atoms with Gasteiger partial charge < -0.3 is 10.2 Å². The number of carboxylic acids is 1. The van der Waals surface area contributed by atoms with E-state index in [1.807, 2.05) is 0 Å². The number of hydrogen-bond acceptors (Lipinski definition) is 4. The Hall–Kier alpha value is -2.63. The van der Waals surface area contributed by atoms with Gasteiger partial charge in [0.25, 0.3) is 5.91 Å². The molecule has 0 saturated heterocycles. The number of amides is 1. The molecule has 1 aromatic rings. The van der Waals surface area contributed by atoms with Gasteiger partial charge in [-0.1, -0.05) is 0 Å². The lowest BCUT2D eigenvalue weighted by Crippen LogP contribution is -2.35. The monoisotopic (exact) mass is 288 g/mol. The molecule has 2 N–H and O–H groups in total. The molecule has 0 spiro atoms. The predicted octanol–water partition coefficient (Wildman–Crippen LogP) is 1.70. The SMILES string of the molecule is CC1=N/C(=C\c2cc(C)c(O)c(C)c2)C(=O)N1CC(=O)O. The molecule has 0 atom stereocenters. The zero-order valence-electron chi connectivity index (χ0n) is 12.0. The molecular weight excluding hydrogens is 272 g/mol. The van der Waals surface area contributed by atoms with Crippen LogP contribution in [0.25, 0.3) is 6.08 Å². The van der Waals surface area contributed by atoms with Crippen LogP contribution in [-0.2, 0) is 9.59 Å². The predicted molar refractivity (Wildman–Crippen MR) is 78.0 cm³/mol. The minimum absolute atomic E-state index is 0.193. The van der Waals surface area contributed by atoms with Gasteiger partial charge in [0.15, 0.2) is 0 Å². The number of aliphatic imine (C=N–C) groups is 1. The molecular formula is C15H16N2O4. The summed E-state index contributed by atoms with van der Waals surface area (Å²) in [5.41, 5.74) is 2.34. The summed E-state index contributed by atoms with van der Waals surface area (Å²) in [5, 5.41) is 18.5. The number of nitrogens with zero attached hydrogens (tertiary/aromatic N) is 2. The third-order valence-electron chi connectivity index (χ3n) is 3.25. The van der Waals surface area contributed by atoms with Crippen molar-refractivity contribution in [2.75, 3.05) is 6.54 Å². The number of carbonyl (C=O) groups excluding carboxylic acids is 1. The van der Waals surface area contributed by atoms with Crippen LogP contribution in [0.2, 0.25) is 0 Å². The fourth-order valence-electron chi connectivity index (χ4n) is 2.21. The number of carboxylic acid groups (broad SMARTS) is 1. The third kappa shape index (κ3) is 2.94. The van der Waals surface area contributed by atoms with Crippen molar-refractivity contribution in [1.82, 2.24) is 4.90 Å². The molecule has 21 heavy (non-hydrogen) atoms. The van der Waals surface area contributed by atoms with Gasteiger partial charge >= 0.3 is 5.97 Å². The smallest absolute Gasteiger partial charge is 0.323 e. The van der Waals surface area contributed by atoms with E-state index in [1.165, 1.54) is 0 Å². The number of rotatable bonds is 3. The number of phenols is 1. The minimum Gasteiger partial charge on any atom is -0.507 e. The maximum absolute atomic E-state index is 12.1. The van der Waals surface area contributed by atoms with Crippen molar-refractivity contribution in [3.8, 4) is 5.75 Å². The number of benzene rings is 1. The molecule has 1 amide bonds. The van der Waals surface area contributed by atoms with E-state index < -0.39 is 18.4 Å². The molecule has 6 heteroatoms. The number of aliphatic carboxylic acids is 1. The van der Waals surface area contributed by atoms with Crippen LogP contribution in [0.1, 0.15) is 23.6 Å². The van der Waals surface area contributed by atoms with Crippen molar-refractivity contribution in [2.24, 2.45) is 4.99 Å². The Balaban J connectivity index is 2.35. The molecule has 0 radical (unpaired) electrons. The Labute approximate surface area is 122 Å². The summed E-state index contributed by atoms with van der Waals surface area (Å²) in [6.07, 6.45) is 1.59. The van der Waals surface area contributed by atoms with Gasteiger partial charge in [0.2, 0.25) is 0 Å². The van der Waals surface area contributed by atoms with Crippen molar-refractivity contribution in [2.45, 2.75) is 20.8 Å². The van der Waals surface area contributed by atoms with E-state index in [9.17, 15) is 14.7 Å². The first kappa shape index (κ1) is 14.8. The van der Waals surface area contributed by atoms with E-state index in [4.69, 9.17) is 5.11 Å². The molecule has 0 aliphatic carbocycles. The second-order valence-corrected chi connectivity index (χ2v) is 4.98. The van der Waals surface area contributed by atoms with E-state index in [0.29, 0.717) is 17.0 Å². The van der Waals surface area contributed by atoms with E-state index in [0.717, 1.165) is 10.5 Å². The molecule has 1 aromatic carbocycles. The molecule has 0 bridgehead atoms.